The summed E-state index contributed by atoms with van der Waals surface area (Å²) in [5.74, 6) is 1.56. The van der Waals surface area contributed by atoms with Crippen molar-refractivity contribution in [2.75, 3.05) is 23.9 Å². The van der Waals surface area contributed by atoms with Gasteiger partial charge in [0.1, 0.15) is 11.6 Å². The van der Waals surface area contributed by atoms with Gasteiger partial charge in [0.2, 0.25) is 0 Å². The number of benzene rings is 1. The van der Waals surface area contributed by atoms with Gasteiger partial charge in [-0.15, -0.1) is 0 Å². The molecule has 2 N–H and O–H groups in total. The van der Waals surface area contributed by atoms with Gasteiger partial charge in [-0.1, -0.05) is 17.8 Å². The number of nitrogens with zero attached hydrogens (tertiary/aromatic N) is 3. The zero-order valence-corrected chi connectivity index (χ0v) is 12.6. The Kier molecular flexibility index (Phi) is 3.87. The Morgan fingerprint density at radius 3 is 2.71 bits per heavy atom. The second-order valence-electron chi connectivity index (χ2n) is 4.41. The molecule has 0 fully saturated rings. The average molecular weight is 297 g/mol. The number of thioether (sulfide) groups is 1. The molecule has 0 amide bonds. The fraction of sp³-hybridized carbons (Fsp3) is 0.133. The van der Waals surface area contributed by atoms with E-state index in [0.717, 1.165) is 33.4 Å². The maximum Gasteiger partial charge on any atom is 0.191 e. The molecular formula is C15H15N5S. The summed E-state index contributed by atoms with van der Waals surface area (Å²) in [6, 6.07) is 11.9. The van der Waals surface area contributed by atoms with E-state index < -0.39 is 0 Å². The molecule has 0 spiro atoms. The molecule has 0 atom stereocenters. The van der Waals surface area contributed by atoms with Gasteiger partial charge in [-0.05, 0) is 30.5 Å². The van der Waals surface area contributed by atoms with Crippen molar-refractivity contribution in [1.82, 2.24) is 15.0 Å². The van der Waals surface area contributed by atoms with E-state index in [1.165, 1.54) is 11.8 Å². The smallest absolute Gasteiger partial charge is 0.191 e. The highest BCUT2D eigenvalue weighted by atomic mass is 32.2. The van der Waals surface area contributed by atoms with E-state index in [0.29, 0.717) is 0 Å². The first kappa shape index (κ1) is 13.6. The van der Waals surface area contributed by atoms with E-state index >= 15 is 0 Å². The Bertz CT molecular complexity index is 753. The summed E-state index contributed by atoms with van der Waals surface area (Å²) in [5.41, 5.74) is 1.95. The van der Waals surface area contributed by atoms with Crippen molar-refractivity contribution in [3.8, 4) is 0 Å². The predicted octanol–water partition coefficient (Wildman–Crippen LogP) is 3.53. The Hall–Kier alpha value is -2.34. The van der Waals surface area contributed by atoms with Crippen molar-refractivity contribution in [1.29, 1.82) is 0 Å². The first-order valence-electron chi connectivity index (χ1n) is 6.51. The lowest BCUT2D eigenvalue weighted by Gasteiger charge is -2.09. The molecule has 6 heteroatoms. The lowest BCUT2D eigenvalue weighted by atomic mass is 10.2. The lowest BCUT2D eigenvalue weighted by Crippen LogP contribution is -2.00. The maximum atomic E-state index is 4.46. The second kappa shape index (κ2) is 5.97. The molecule has 0 unspecified atom stereocenters. The van der Waals surface area contributed by atoms with Gasteiger partial charge in [-0.25, -0.2) is 9.97 Å². The van der Waals surface area contributed by atoms with Gasteiger partial charge < -0.3 is 10.6 Å². The minimum Gasteiger partial charge on any atom is -0.373 e. The van der Waals surface area contributed by atoms with Crippen LogP contribution in [0.25, 0.3) is 10.9 Å². The van der Waals surface area contributed by atoms with Gasteiger partial charge >= 0.3 is 0 Å². The summed E-state index contributed by atoms with van der Waals surface area (Å²) in [7, 11) is 1.85. The molecule has 3 rings (SSSR count). The van der Waals surface area contributed by atoms with Crippen LogP contribution in [-0.2, 0) is 0 Å². The molecule has 2 heterocycles. The lowest BCUT2D eigenvalue weighted by molar-refractivity contribution is 0.977. The SMILES string of the molecule is CNc1cc(Nc2ccc3ncccc3c2)nc(SC)n1. The van der Waals surface area contributed by atoms with E-state index in [2.05, 4.69) is 31.7 Å². The normalized spacial score (nSPS) is 10.6. The summed E-state index contributed by atoms with van der Waals surface area (Å²) in [6.45, 7) is 0. The predicted molar refractivity (Wildman–Crippen MR) is 88.4 cm³/mol. The third-order valence-electron chi connectivity index (χ3n) is 3.02. The van der Waals surface area contributed by atoms with Crippen molar-refractivity contribution in [2.45, 2.75) is 5.16 Å². The van der Waals surface area contributed by atoms with Crippen molar-refractivity contribution in [3.05, 3.63) is 42.6 Å². The van der Waals surface area contributed by atoms with Gasteiger partial charge in [0.25, 0.3) is 0 Å². The molecule has 5 nitrogen and oxygen atoms in total. The van der Waals surface area contributed by atoms with Gasteiger partial charge in [-0.2, -0.15) is 0 Å². The number of aromatic nitrogens is 3. The zero-order valence-electron chi connectivity index (χ0n) is 11.8. The van der Waals surface area contributed by atoms with Crippen molar-refractivity contribution < 1.29 is 0 Å². The van der Waals surface area contributed by atoms with E-state index in [1.54, 1.807) is 6.20 Å². The molecule has 0 aliphatic rings. The zero-order chi connectivity index (χ0) is 14.7. The van der Waals surface area contributed by atoms with Crippen LogP contribution in [0.5, 0.6) is 0 Å². The van der Waals surface area contributed by atoms with Gasteiger partial charge in [0, 0.05) is 30.4 Å². The molecule has 0 bridgehead atoms. The largest absolute Gasteiger partial charge is 0.373 e. The molecular weight excluding hydrogens is 282 g/mol. The molecule has 0 aliphatic heterocycles. The number of nitrogens with one attached hydrogen (secondary N) is 2. The van der Waals surface area contributed by atoms with E-state index in [1.807, 2.05) is 43.6 Å². The second-order valence-corrected chi connectivity index (χ2v) is 5.18. The number of pyridine rings is 1. The molecule has 0 saturated heterocycles. The van der Waals surface area contributed by atoms with Crippen LogP contribution in [0.2, 0.25) is 0 Å². The molecule has 0 saturated carbocycles. The summed E-state index contributed by atoms with van der Waals surface area (Å²) in [6.07, 6.45) is 3.75. The summed E-state index contributed by atoms with van der Waals surface area (Å²) in [4.78, 5) is 13.1. The fourth-order valence-electron chi connectivity index (χ4n) is 2.01. The standard InChI is InChI=1S/C15H15N5S/c1-16-13-9-14(20-15(19-13)21-2)18-11-5-6-12-10(8-11)4-3-7-17-12/h3-9H,1-2H3,(H2,16,18,19,20). The Morgan fingerprint density at radius 2 is 1.90 bits per heavy atom. The fourth-order valence-corrected chi connectivity index (χ4v) is 2.39. The molecule has 0 aliphatic carbocycles. The van der Waals surface area contributed by atoms with Crippen LogP contribution >= 0.6 is 11.8 Å². The van der Waals surface area contributed by atoms with Crippen LogP contribution < -0.4 is 10.6 Å². The minimum absolute atomic E-state index is 0.729. The molecule has 1 aromatic carbocycles. The van der Waals surface area contributed by atoms with Crippen LogP contribution in [0.3, 0.4) is 0 Å². The van der Waals surface area contributed by atoms with Crippen LogP contribution in [0, 0.1) is 0 Å². The first-order valence-corrected chi connectivity index (χ1v) is 7.73. The number of fused-ring (bicyclic) bond motifs is 1. The van der Waals surface area contributed by atoms with Crippen LogP contribution in [0.15, 0.2) is 47.8 Å². The quantitative estimate of drug-likeness (QED) is 0.567. The van der Waals surface area contributed by atoms with Crippen molar-refractivity contribution in [2.24, 2.45) is 0 Å². The van der Waals surface area contributed by atoms with E-state index in [-0.39, 0.29) is 0 Å². The molecule has 3 aromatic rings. The number of anilines is 3. The number of hydrogen-bond donors (Lipinski definition) is 2. The van der Waals surface area contributed by atoms with Crippen molar-refractivity contribution >= 4 is 40.0 Å². The third kappa shape index (κ3) is 3.05. The van der Waals surface area contributed by atoms with Crippen LogP contribution in [0.1, 0.15) is 0 Å². The summed E-state index contributed by atoms with van der Waals surface area (Å²) in [5, 5.41) is 8.18. The van der Waals surface area contributed by atoms with Gasteiger partial charge in [0.15, 0.2) is 5.16 Å². The average Bonchev–Trinajstić information content (AvgIpc) is 2.54. The van der Waals surface area contributed by atoms with Gasteiger partial charge in [0.05, 0.1) is 5.52 Å². The highest BCUT2D eigenvalue weighted by Gasteiger charge is 2.04. The summed E-state index contributed by atoms with van der Waals surface area (Å²) < 4.78 is 0. The number of hydrogen-bond acceptors (Lipinski definition) is 6. The summed E-state index contributed by atoms with van der Waals surface area (Å²) >= 11 is 1.51. The number of rotatable bonds is 4. The molecule has 2 aromatic heterocycles. The van der Waals surface area contributed by atoms with E-state index in [9.17, 15) is 0 Å². The topological polar surface area (TPSA) is 62.7 Å². The highest BCUT2D eigenvalue weighted by molar-refractivity contribution is 7.98. The Labute approximate surface area is 127 Å². The van der Waals surface area contributed by atoms with Gasteiger partial charge in [-0.3, -0.25) is 4.98 Å². The maximum absolute atomic E-state index is 4.46. The van der Waals surface area contributed by atoms with Crippen molar-refractivity contribution in [3.63, 3.8) is 0 Å². The Balaban J connectivity index is 1.94. The van der Waals surface area contributed by atoms with E-state index in [4.69, 9.17) is 0 Å². The highest BCUT2D eigenvalue weighted by Crippen LogP contribution is 2.23. The minimum atomic E-state index is 0.729. The Morgan fingerprint density at radius 1 is 1.05 bits per heavy atom. The molecule has 106 valence electrons. The third-order valence-corrected chi connectivity index (χ3v) is 3.57. The first-order chi connectivity index (χ1) is 10.3. The van der Waals surface area contributed by atoms with Crippen LogP contribution in [-0.4, -0.2) is 28.3 Å². The molecule has 0 radical (unpaired) electrons. The monoisotopic (exact) mass is 297 g/mol. The molecule has 21 heavy (non-hydrogen) atoms. The van der Waals surface area contributed by atoms with Crippen LogP contribution in [0.4, 0.5) is 17.3 Å².